The van der Waals surface area contributed by atoms with Gasteiger partial charge in [0.2, 0.25) is 23.6 Å². The fourth-order valence-corrected chi connectivity index (χ4v) is 6.87. The molecule has 10 nitrogen and oxygen atoms in total. The predicted octanol–water partition coefficient (Wildman–Crippen LogP) is 4.05. The van der Waals surface area contributed by atoms with Crippen LogP contribution < -0.4 is 10.6 Å². The number of aliphatic hydroxyl groups excluding tert-OH is 1. The minimum Gasteiger partial charge on any atom is -0.394 e. The van der Waals surface area contributed by atoms with Gasteiger partial charge in [-0.2, -0.15) is 0 Å². The molecule has 262 valence electrons. The largest absolute Gasteiger partial charge is 0.394 e. The summed E-state index contributed by atoms with van der Waals surface area (Å²) in [5.74, 6) is -0.885. The molecule has 2 saturated heterocycles. The number of hydrogen-bond donors (Lipinski definition) is 3. The average Bonchev–Trinajstić information content (AvgIpc) is 3.53. The first kappa shape index (κ1) is 38.2. The van der Waals surface area contributed by atoms with Crippen molar-refractivity contribution in [3.05, 3.63) is 47.5 Å². The Balaban J connectivity index is 1.77. The van der Waals surface area contributed by atoms with Gasteiger partial charge >= 0.3 is 0 Å². The van der Waals surface area contributed by atoms with Crippen molar-refractivity contribution >= 4 is 23.6 Å². The van der Waals surface area contributed by atoms with E-state index in [9.17, 15) is 24.3 Å². The lowest BCUT2D eigenvalue weighted by atomic mass is 9.84. The fourth-order valence-electron chi connectivity index (χ4n) is 6.87. The van der Waals surface area contributed by atoms with Crippen LogP contribution in [0.1, 0.15) is 99.1 Å². The lowest BCUT2D eigenvalue weighted by Crippen LogP contribution is -2.60. The third-order valence-electron chi connectivity index (χ3n) is 9.66. The Morgan fingerprint density at radius 1 is 0.936 bits per heavy atom. The number of rotatable bonds is 12. The summed E-state index contributed by atoms with van der Waals surface area (Å²) in [4.78, 5) is 60.4. The molecule has 2 heterocycles. The third-order valence-corrected chi connectivity index (χ3v) is 9.66. The first-order valence-electron chi connectivity index (χ1n) is 17.4. The van der Waals surface area contributed by atoms with Crippen molar-refractivity contribution in [1.82, 2.24) is 25.3 Å². The van der Waals surface area contributed by atoms with Crippen LogP contribution in [-0.4, -0.2) is 100 Å². The van der Waals surface area contributed by atoms with Crippen molar-refractivity contribution < 1.29 is 24.3 Å². The zero-order valence-corrected chi connectivity index (χ0v) is 30.1. The molecule has 47 heavy (non-hydrogen) atoms. The van der Waals surface area contributed by atoms with E-state index in [-0.39, 0.29) is 48.2 Å². The van der Waals surface area contributed by atoms with Gasteiger partial charge in [-0.25, -0.2) is 0 Å². The number of carbonyl (C=O) groups excluding carboxylic acids is 4. The summed E-state index contributed by atoms with van der Waals surface area (Å²) in [6, 6.07) is 6.86. The SMILES string of the molecule is CC(=CC(C(C)C)N(C)C(=O)[C@@H](NC(=O)[C@H]1CCCCN1C(C)C)C(C)(C)C)C(=O)N1CCC[C@H]1C(=O)N[C@@H](CO)c1ccccc1. The van der Waals surface area contributed by atoms with Crippen LogP contribution in [0.15, 0.2) is 42.0 Å². The maximum absolute atomic E-state index is 14.2. The summed E-state index contributed by atoms with van der Waals surface area (Å²) in [5.41, 5.74) is 0.705. The fraction of sp³-hybridized carbons (Fsp3) is 0.676. The highest BCUT2D eigenvalue weighted by Crippen LogP contribution is 2.27. The van der Waals surface area contributed by atoms with Crippen molar-refractivity contribution in [2.75, 3.05) is 26.7 Å². The average molecular weight is 654 g/mol. The Kier molecular flexibility index (Phi) is 13.6. The summed E-state index contributed by atoms with van der Waals surface area (Å²) in [7, 11) is 1.73. The van der Waals surface area contributed by atoms with E-state index in [0.29, 0.717) is 25.0 Å². The molecule has 5 atom stereocenters. The number of hydrogen-bond acceptors (Lipinski definition) is 6. The van der Waals surface area contributed by atoms with E-state index in [2.05, 4.69) is 29.4 Å². The van der Waals surface area contributed by atoms with E-state index in [0.717, 1.165) is 31.4 Å². The van der Waals surface area contributed by atoms with Gasteiger partial charge in [0, 0.05) is 25.2 Å². The molecule has 0 aromatic heterocycles. The molecule has 0 saturated carbocycles. The smallest absolute Gasteiger partial charge is 0.249 e. The van der Waals surface area contributed by atoms with Crippen molar-refractivity contribution in [3.8, 4) is 0 Å². The summed E-state index contributed by atoms with van der Waals surface area (Å²) < 4.78 is 0. The molecule has 2 aliphatic heterocycles. The van der Waals surface area contributed by atoms with Crippen molar-refractivity contribution in [1.29, 1.82) is 0 Å². The van der Waals surface area contributed by atoms with Crippen LogP contribution >= 0.6 is 0 Å². The van der Waals surface area contributed by atoms with Crippen LogP contribution in [0.2, 0.25) is 0 Å². The first-order valence-corrected chi connectivity index (χ1v) is 17.4. The second-order valence-corrected chi connectivity index (χ2v) is 15.0. The molecule has 0 spiro atoms. The van der Waals surface area contributed by atoms with Gasteiger partial charge < -0.3 is 25.5 Å². The summed E-state index contributed by atoms with van der Waals surface area (Å²) in [6.45, 7) is 16.9. The maximum Gasteiger partial charge on any atom is 0.249 e. The van der Waals surface area contributed by atoms with Crippen molar-refractivity contribution in [3.63, 3.8) is 0 Å². The molecule has 0 radical (unpaired) electrons. The number of likely N-dealkylation sites (tertiary alicyclic amines) is 2. The molecule has 2 aliphatic rings. The molecule has 3 rings (SSSR count). The van der Waals surface area contributed by atoms with Gasteiger partial charge in [-0.3, -0.25) is 24.1 Å². The van der Waals surface area contributed by atoms with E-state index in [4.69, 9.17) is 0 Å². The quantitative estimate of drug-likeness (QED) is 0.293. The second-order valence-electron chi connectivity index (χ2n) is 15.0. The van der Waals surface area contributed by atoms with E-state index in [1.165, 1.54) is 0 Å². The third kappa shape index (κ3) is 9.66. The van der Waals surface area contributed by atoms with Crippen LogP contribution in [0.5, 0.6) is 0 Å². The standard InChI is InChI=1S/C37H59N5O5/c1-24(2)31(40(9)36(47)32(37(6,7)8)39-34(45)29-18-13-14-20-41(29)25(3)4)22-26(5)35(46)42-21-15-19-30(42)33(44)38-28(23-43)27-16-11-10-12-17-27/h10-12,16-17,22,24-25,28-32,43H,13-15,18-21,23H2,1-9H3,(H,38,44)(H,39,45)/t28-,29+,30-,31?,32+/m0/s1. The molecular weight excluding hydrogens is 594 g/mol. The molecule has 1 aromatic carbocycles. The minimum atomic E-state index is -0.752. The highest BCUT2D eigenvalue weighted by atomic mass is 16.3. The molecule has 2 fully saturated rings. The Labute approximate surface area is 282 Å². The van der Waals surface area contributed by atoms with Gasteiger partial charge in [0.25, 0.3) is 0 Å². The Hall–Kier alpha value is -3.24. The number of likely N-dealkylation sites (N-methyl/N-ethyl adjacent to an activating group) is 1. The van der Waals surface area contributed by atoms with Gasteiger partial charge in [0.05, 0.1) is 24.7 Å². The predicted molar refractivity (Wildman–Crippen MR) is 185 cm³/mol. The Bertz CT molecular complexity index is 1260. The Morgan fingerprint density at radius 3 is 2.13 bits per heavy atom. The molecule has 1 unspecified atom stereocenters. The highest BCUT2D eigenvalue weighted by molar-refractivity contribution is 5.97. The second kappa shape index (κ2) is 16.7. The van der Waals surface area contributed by atoms with Crippen LogP contribution in [-0.2, 0) is 19.2 Å². The van der Waals surface area contributed by atoms with Crippen LogP contribution in [0.4, 0.5) is 0 Å². The molecule has 3 N–H and O–H groups in total. The monoisotopic (exact) mass is 653 g/mol. The van der Waals surface area contributed by atoms with Gasteiger partial charge in [0.15, 0.2) is 0 Å². The number of nitrogens with one attached hydrogen (secondary N) is 2. The number of amides is 4. The number of benzene rings is 1. The number of nitrogens with zero attached hydrogens (tertiary/aromatic N) is 3. The lowest BCUT2D eigenvalue weighted by Gasteiger charge is -2.41. The first-order chi connectivity index (χ1) is 22.1. The summed E-state index contributed by atoms with van der Waals surface area (Å²) >= 11 is 0. The zero-order valence-electron chi connectivity index (χ0n) is 30.1. The van der Waals surface area contributed by atoms with E-state index >= 15 is 0 Å². The molecule has 10 heteroatoms. The van der Waals surface area contributed by atoms with E-state index in [1.54, 1.807) is 23.8 Å². The minimum absolute atomic E-state index is 0.0216. The zero-order chi connectivity index (χ0) is 35.1. The summed E-state index contributed by atoms with van der Waals surface area (Å²) in [5, 5.41) is 16.0. The lowest BCUT2D eigenvalue weighted by molar-refractivity contribution is -0.142. The van der Waals surface area contributed by atoms with Crippen LogP contribution in [0, 0.1) is 11.3 Å². The van der Waals surface area contributed by atoms with Gasteiger partial charge in [0.1, 0.15) is 12.1 Å². The van der Waals surface area contributed by atoms with E-state index < -0.39 is 29.6 Å². The molecule has 4 amide bonds. The van der Waals surface area contributed by atoms with Gasteiger partial charge in [-0.1, -0.05) is 77.4 Å². The van der Waals surface area contributed by atoms with Crippen molar-refractivity contribution in [2.45, 2.75) is 124 Å². The maximum atomic E-state index is 14.2. The number of aliphatic hydroxyl groups is 1. The highest BCUT2D eigenvalue weighted by Gasteiger charge is 2.40. The normalized spacial score (nSPS) is 21.4. The molecule has 0 aliphatic carbocycles. The molecular formula is C37H59N5O5. The van der Waals surface area contributed by atoms with Gasteiger partial charge in [-0.05, 0) is 69.9 Å². The Morgan fingerprint density at radius 2 is 1.55 bits per heavy atom. The molecule has 0 bridgehead atoms. The topological polar surface area (TPSA) is 122 Å². The number of carbonyl (C=O) groups is 4. The van der Waals surface area contributed by atoms with Crippen molar-refractivity contribution in [2.24, 2.45) is 11.3 Å². The van der Waals surface area contributed by atoms with Crippen LogP contribution in [0.25, 0.3) is 0 Å². The van der Waals surface area contributed by atoms with Gasteiger partial charge in [-0.15, -0.1) is 0 Å². The summed E-state index contributed by atoms with van der Waals surface area (Å²) in [6.07, 6.45) is 5.87. The van der Waals surface area contributed by atoms with Crippen LogP contribution in [0.3, 0.4) is 0 Å². The number of piperidine rings is 1. The molecule has 1 aromatic rings. The van der Waals surface area contributed by atoms with E-state index in [1.807, 2.05) is 71.0 Å².